The first kappa shape index (κ1) is 21.2. The molecular formula is C28H31NO2. The highest BCUT2D eigenvalue weighted by atomic mass is 16.5. The third-order valence-electron chi connectivity index (χ3n) is 6.09. The van der Waals surface area contributed by atoms with E-state index >= 15 is 0 Å². The zero-order chi connectivity index (χ0) is 21.8. The first-order chi connectivity index (χ1) is 15.0. The van der Waals surface area contributed by atoms with Crippen LogP contribution in [0.5, 0.6) is 5.75 Å². The smallest absolute Gasteiger partial charge is 0.131 e. The van der Waals surface area contributed by atoms with Crippen LogP contribution in [-0.4, -0.2) is 18.4 Å². The van der Waals surface area contributed by atoms with Crippen molar-refractivity contribution >= 4 is 11.5 Å². The van der Waals surface area contributed by atoms with Gasteiger partial charge in [-0.05, 0) is 80.1 Å². The number of hydrogen-bond donors (Lipinski definition) is 0. The molecule has 0 aromatic heterocycles. The molecule has 3 nitrogen and oxygen atoms in total. The molecule has 0 spiro atoms. The maximum Gasteiger partial charge on any atom is 0.131 e. The maximum atomic E-state index is 11.5. The van der Waals surface area contributed by atoms with E-state index in [9.17, 15) is 4.79 Å². The van der Waals surface area contributed by atoms with Gasteiger partial charge in [-0.1, -0.05) is 48.0 Å². The standard InChI is InChI=1S/C28H31NO2/c1-20-6-4-7-24(16-20)28-14-9-23(17-21(28)2)19-31-27-12-10-25(11-13-27)29-15-5-8-26(29)18-22(3)30/h4,6-7,9-14,16-17,26H,5,8,15,18-19H2,1-3H3. The Morgan fingerprint density at radius 3 is 2.55 bits per heavy atom. The zero-order valence-corrected chi connectivity index (χ0v) is 18.7. The van der Waals surface area contributed by atoms with Gasteiger partial charge in [0.05, 0.1) is 0 Å². The molecule has 1 unspecified atom stereocenters. The Balaban J connectivity index is 1.39. The van der Waals surface area contributed by atoms with Crippen molar-refractivity contribution < 1.29 is 9.53 Å². The molecule has 0 amide bonds. The molecule has 1 fully saturated rings. The monoisotopic (exact) mass is 413 g/mol. The quantitative estimate of drug-likeness (QED) is 0.443. The summed E-state index contributed by atoms with van der Waals surface area (Å²) in [4.78, 5) is 13.9. The Bertz CT molecular complexity index is 1050. The highest BCUT2D eigenvalue weighted by molar-refractivity contribution is 5.77. The summed E-state index contributed by atoms with van der Waals surface area (Å²) in [6.07, 6.45) is 2.87. The number of benzene rings is 3. The normalized spacial score (nSPS) is 15.8. The van der Waals surface area contributed by atoms with Crippen LogP contribution in [0.15, 0.2) is 66.7 Å². The second-order valence-electron chi connectivity index (χ2n) is 8.70. The van der Waals surface area contributed by atoms with Gasteiger partial charge in [0.2, 0.25) is 0 Å². The topological polar surface area (TPSA) is 29.5 Å². The van der Waals surface area contributed by atoms with E-state index in [4.69, 9.17) is 4.74 Å². The summed E-state index contributed by atoms with van der Waals surface area (Å²) in [6.45, 7) is 7.53. The summed E-state index contributed by atoms with van der Waals surface area (Å²) in [5.74, 6) is 1.13. The van der Waals surface area contributed by atoms with Gasteiger partial charge in [0, 0.05) is 24.7 Å². The fraction of sp³-hybridized carbons (Fsp3) is 0.321. The summed E-state index contributed by atoms with van der Waals surface area (Å²) < 4.78 is 6.05. The van der Waals surface area contributed by atoms with Crippen molar-refractivity contribution in [2.24, 2.45) is 0 Å². The van der Waals surface area contributed by atoms with Gasteiger partial charge in [-0.15, -0.1) is 0 Å². The minimum absolute atomic E-state index is 0.264. The number of Topliss-reactive ketones (excluding diaryl/α,β-unsaturated/α-hetero) is 1. The number of anilines is 1. The molecule has 0 radical (unpaired) electrons. The molecule has 1 aliphatic rings. The fourth-order valence-electron chi connectivity index (χ4n) is 4.57. The Hall–Kier alpha value is -3.07. The predicted molar refractivity (Wildman–Crippen MR) is 128 cm³/mol. The van der Waals surface area contributed by atoms with Crippen LogP contribution in [0.1, 0.15) is 42.9 Å². The number of ether oxygens (including phenoxy) is 1. The van der Waals surface area contributed by atoms with E-state index in [2.05, 4.69) is 73.3 Å². The van der Waals surface area contributed by atoms with Crippen LogP contribution in [0.3, 0.4) is 0 Å². The molecule has 0 N–H and O–H groups in total. The molecule has 1 aliphatic heterocycles. The molecule has 160 valence electrons. The number of hydrogen-bond acceptors (Lipinski definition) is 3. The van der Waals surface area contributed by atoms with Crippen LogP contribution in [0, 0.1) is 13.8 Å². The van der Waals surface area contributed by atoms with Crippen LogP contribution >= 0.6 is 0 Å². The lowest BCUT2D eigenvalue weighted by Crippen LogP contribution is -2.30. The van der Waals surface area contributed by atoms with Gasteiger partial charge < -0.3 is 9.64 Å². The highest BCUT2D eigenvalue weighted by Gasteiger charge is 2.25. The van der Waals surface area contributed by atoms with Gasteiger partial charge in [-0.2, -0.15) is 0 Å². The van der Waals surface area contributed by atoms with E-state index in [0.29, 0.717) is 19.1 Å². The second kappa shape index (κ2) is 9.38. The summed E-state index contributed by atoms with van der Waals surface area (Å²) in [6, 6.07) is 23.8. The van der Waals surface area contributed by atoms with E-state index in [-0.39, 0.29) is 5.78 Å². The average molecular weight is 414 g/mol. The van der Waals surface area contributed by atoms with Crippen molar-refractivity contribution in [3.63, 3.8) is 0 Å². The fourth-order valence-corrected chi connectivity index (χ4v) is 4.57. The number of aryl methyl sites for hydroxylation is 2. The number of nitrogens with zero attached hydrogens (tertiary/aromatic N) is 1. The molecule has 0 saturated carbocycles. The first-order valence-electron chi connectivity index (χ1n) is 11.1. The van der Waals surface area contributed by atoms with Crippen LogP contribution in [0.4, 0.5) is 5.69 Å². The van der Waals surface area contributed by atoms with E-state index < -0.39 is 0 Å². The van der Waals surface area contributed by atoms with E-state index in [0.717, 1.165) is 25.1 Å². The molecule has 3 aromatic rings. The van der Waals surface area contributed by atoms with Crippen LogP contribution in [-0.2, 0) is 11.4 Å². The van der Waals surface area contributed by atoms with Gasteiger partial charge in [0.1, 0.15) is 18.1 Å². The Morgan fingerprint density at radius 1 is 1.03 bits per heavy atom. The maximum absolute atomic E-state index is 11.5. The molecule has 1 atom stereocenters. The van der Waals surface area contributed by atoms with Gasteiger partial charge in [-0.3, -0.25) is 4.79 Å². The largest absolute Gasteiger partial charge is 0.489 e. The summed E-state index contributed by atoms with van der Waals surface area (Å²) in [5.41, 5.74) is 7.39. The minimum atomic E-state index is 0.264. The molecule has 0 aliphatic carbocycles. The van der Waals surface area contributed by atoms with Crippen LogP contribution in [0.2, 0.25) is 0 Å². The zero-order valence-electron chi connectivity index (χ0n) is 18.7. The van der Waals surface area contributed by atoms with Crippen molar-refractivity contribution in [1.82, 2.24) is 0 Å². The van der Waals surface area contributed by atoms with Crippen molar-refractivity contribution in [3.8, 4) is 16.9 Å². The Morgan fingerprint density at radius 2 is 1.84 bits per heavy atom. The van der Waals surface area contributed by atoms with Gasteiger partial charge >= 0.3 is 0 Å². The number of ketones is 1. The second-order valence-corrected chi connectivity index (χ2v) is 8.70. The molecule has 3 aromatic carbocycles. The van der Waals surface area contributed by atoms with Crippen LogP contribution < -0.4 is 9.64 Å². The van der Waals surface area contributed by atoms with Crippen molar-refractivity contribution in [2.45, 2.75) is 52.7 Å². The first-order valence-corrected chi connectivity index (χ1v) is 11.1. The van der Waals surface area contributed by atoms with E-state index in [1.54, 1.807) is 6.92 Å². The lowest BCUT2D eigenvalue weighted by atomic mass is 9.97. The Labute approximate surface area is 185 Å². The van der Waals surface area contributed by atoms with E-state index in [1.807, 2.05) is 12.1 Å². The van der Waals surface area contributed by atoms with Gasteiger partial charge in [-0.25, -0.2) is 0 Å². The summed E-state index contributed by atoms with van der Waals surface area (Å²) in [5, 5.41) is 0. The Kier molecular flexibility index (Phi) is 6.41. The minimum Gasteiger partial charge on any atom is -0.489 e. The summed E-state index contributed by atoms with van der Waals surface area (Å²) >= 11 is 0. The molecule has 3 heteroatoms. The van der Waals surface area contributed by atoms with Gasteiger partial charge in [0.25, 0.3) is 0 Å². The summed E-state index contributed by atoms with van der Waals surface area (Å²) in [7, 11) is 0. The average Bonchev–Trinajstić information content (AvgIpc) is 3.20. The molecule has 4 rings (SSSR count). The lowest BCUT2D eigenvalue weighted by Gasteiger charge is -2.26. The van der Waals surface area contributed by atoms with Crippen molar-refractivity contribution in [3.05, 3.63) is 83.4 Å². The molecule has 1 saturated heterocycles. The van der Waals surface area contributed by atoms with Crippen LogP contribution in [0.25, 0.3) is 11.1 Å². The molecular weight excluding hydrogens is 382 g/mol. The SMILES string of the molecule is CC(=O)CC1CCCN1c1ccc(OCc2ccc(-c3cccc(C)c3)c(C)c2)cc1. The number of carbonyl (C=O) groups is 1. The molecule has 1 heterocycles. The lowest BCUT2D eigenvalue weighted by molar-refractivity contribution is -0.117. The highest BCUT2D eigenvalue weighted by Crippen LogP contribution is 2.30. The van der Waals surface area contributed by atoms with Gasteiger partial charge in [0.15, 0.2) is 0 Å². The number of rotatable bonds is 7. The van der Waals surface area contributed by atoms with E-state index in [1.165, 1.54) is 33.5 Å². The van der Waals surface area contributed by atoms with Crippen molar-refractivity contribution in [1.29, 1.82) is 0 Å². The molecule has 0 bridgehead atoms. The molecule has 31 heavy (non-hydrogen) atoms. The predicted octanol–water partition coefficient (Wildman–Crippen LogP) is 6.50. The third-order valence-corrected chi connectivity index (χ3v) is 6.09. The van der Waals surface area contributed by atoms with Crippen molar-refractivity contribution in [2.75, 3.05) is 11.4 Å². The third kappa shape index (κ3) is 5.16. The number of carbonyl (C=O) groups excluding carboxylic acids is 1.